The van der Waals surface area contributed by atoms with Crippen molar-refractivity contribution in [2.75, 3.05) is 13.1 Å². The molecule has 9 heteroatoms. The predicted molar refractivity (Wildman–Crippen MR) is 136 cm³/mol. The molecular formula is C27H33N7O2. The summed E-state index contributed by atoms with van der Waals surface area (Å²) in [6, 6.07) is 11.7. The van der Waals surface area contributed by atoms with E-state index < -0.39 is 5.41 Å². The van der Waals surface area contributed by atoms with E-state index >= 15 is 0 Å². The van der Waals surface area contributed by atoms with Crippen molar-refractivity contribution in [1.82, 2.24) is 31.3 Å². The van der Waals surface area contributed by atoms with Crippen molar-refractivity contribution < 1.29 is 9.59 Å². The Bertz CT molecular complexity index is 1200. The molecule has 2 aliphatic carbocycles. The molecule has 1 saturated carbocycles. The van der Waals surface area contributed by atoms with Gasteiger partial charge in [0, 0.05) is 30.3 Å². The number of amides is 2. The summed E-state index contributed by atoms with van der Waals surface area (Å²) >= 11 is 0. The number of aromatic amines is 1. The fourth-order valence-corrected chi connectivity index (χ4v) is 5.60. The van der Waals surface area contributed by atoms with Gasteiger partial charge in [0.25, 0.3) is 11.8 Å². The third-order valence-corrected chi connectivity index (χ3v) is 7.49. The normalized spacial score (nSPS) is 16.9. The monoisotopic (exact) mass is 487 g/mol. The van der Waals surface area contributed by atoms with Gasteiger partial charge in [-0.05, 0) is 98.4 Å². The molecule has 5 N–H and O–H groups in total. The second kappa shape index (κ2) is 9.81. The highest BCUT2D eigenvalue weighted by atomic mass is 16.2. The highest BCUT2D eigenvalue weighted by molar-refractivity contribution is 5.95. The van der Waals surface area contributed by atoms with Crippen LogP contribution in [0.1, 0.15) is 81.9 Å². The standard InChI is InChI=1S/C27H33N7O2/c1-3-29-24(35)19-9-11-21-17(13-19)7-8-18-14-20(25(36)30-4-2)10-12-22(18)27(21,26-31-33-34-32-26)15-23(28)16-5-6-16/h9-14,16,23H,3-8,15,28H2,1-2H3,(H,29,35)(H,30,36)(H,31,32,33,34). The van der Waals surface area contributed by atoms with E-state index in [9.17, 15) is 9.59 Å². The second-order valence-electron chi connectivity index (χ2n) is 9.81. The third-order valence-electron chi connectivity index (χ3n) is 7.49. The number of benzene rings is 2. The van der Waals surface area contributed by atoms with Crippen LogP contribution in [0, 0.1) is 5.92 Å². The molecule has 9 nitrogen and oxygen atoms in total. The Morgan fingerprint density at radius 2 is 1.56 bits per heavy atom. The molecule has 1 unspecified atom stereocenters. The summed E-state index contributed by atoms with van der Waals surface area (Å²) in [6.45, 7) is 4.94. The van der Waals surface area contributed by atoms with Gasteiger partial charge in [0.2, 0.25) is 0 Å². The van der Waals surface area contributed by atoms with Crippen LogP contribution in [-0.4, -0.2) is 51.6 Å². The summed E-state index contributed by atoms with van der Waals surface area (Å²) in [5.41, 5.74) is 11.5. The maximum absolute atomic E-state index is 12.7. The molecule has 0 spiro atoms. The summed E-state index contributed by atoms with van der Waals surface area (Å²) in [5.74, 6) is 0.827. The van der Waals surface area contributed by atoms with E-state index in [4.69, 9.17) is 5.73 Å². The molecule has 3 aromatic rings. The Labute approximate surface area is 210 Å². The number of nitrogens with zero attached hydrogens (tertiary/aromatic N) is 3. The Kier molecular flexibility index (Phi) is 6.57. The van der Waals surface area contributed by atoms with Gasteiger partial charge in [-0.2, -0.15) is 5.21 Å². The van der Waals surface area contributed by atoms with E-state index in [2.05, 4.69) is 31.3 Å². The molecule has 2 aliphatic rings. The van der Waals surface area contributed by atoms with Gasteiger partial charge in [-0.3, -0.25) is 9.59 Å². The van der Waals surface area contributed by atoms with Gasteiger partial charge in [0.15, 0.2) is 5.82 Å². The molecule has 1 aromatic heterocycles. The molecule has 1 atom stereocenters. The number of hydrogen-bond acceptors (Lipinski definition) is 6. The first-order valence-corrected chi connectivity index (χ1v) is 12.8. The number of tetrazole rings is 1. The smallest absolute Gasteiger partial charge is 0.251 e. The summed E-state index contributed by atoms with van der Waals surface area (Å²) in [4.78, 5) is 25.3. The van der Waals surface area contributed by atoms with Crippen LogP contribution in [-0.2, 0) is 18.3 Å². The van der Waals surface area contributed by atoms with Crippen molar-refractivity contribution in [2.24, 2.45) is 11.7 Å². The fraction of sp³-hybridized carbons (Fsp3) is 0.444. The maximum Gasteiger partial charge on any atom is 0.251 e. The average molecular weight is 488 g/mol. The highest BCUT2D eigenvalue weighted by Gasteiger charge is 2.47. The first-order valence-electron chi connectivity index (χ1n) is 12.8. The molecule has 0 bridgehead atoms. The van der Waals surface area contributed by atoms with E-state index in [1.165, 1.54) is 0 Å². The van der Waals surface area contributed by atoms with Gasteiger partial charge in [0.05, 0.1) is 5.41 Å². The van der Waals surface area contributed by atoms with Crippen molar-refractivity contribution in [3.63, 3.8) is 0 Å². The maximum atomic E-state index is 12.7. The minimum Gasteiger partial charge on any atom is -0.352 e. The molecule has 5 rings (SSSR count). The molecular weight excluding hydrogens is 454 g/mol. The van der Waals surface area contributed by atoms with E-state index in [0.29, 0.717) is 55.2 Å². The van der Waals surface area contributed by atoms with Gasteiger partial charge in [-0.1, -0.05) is 17.3 Å². The molecule has 2 aromatic carbocycles. The van der Waals surface area contributed by atoms with Crippen molar-refractivity contribution in [2.45, 2.75) is 57.4 Å². The Morgan fingerprint density at radius 3 is 2.00 bits per heavy atom. The fourth-order valence-electron chi connectivity index (χ4n) is 5.60. The van der Waals surface area contributed by atoms with Gasteiger partial charge in [0.1, 0.15) is 0 Å². The molecule has 0 aliphatic heterocycles. The van der Waals surface area contributed by atoms with Crippen LogP contribution in [0.3, 0.4) is 0 Å². The van der Waals surface area contributed by atoms with Crippen LogP contribution in [0.25, 0.3) is 0 Å². The summed E-state index contributed by atoms with van der Waals surface area (Å²) in [6.07, 6.45) is 4.28. The van der Waals surface area contributed by atoms with Gasteiger partial charge >= 0.3 is 0 Å². The molecule has 2 amide bonds. The number of nitrogens with two attached hydrogens (primary N) is 1. The predicted octanol–water partition coefficient (Wildman–Crippen LogP) is 2.26. The molecule has 1 heterocycles. The minimum atomic E-state index is -0.754. The number of hydrogen-bond donors (Lipinski definition) is 4. The molecule has 0 radical (unpaired) electrons. The van der Waals surface area contributed by atoms with Crippen LogP contribution < -0.4 is 16.4 Å². The van der Waals surface area contributed by atoms with E-state index in [1.807, 2.05) is 50.2 Å². The number of carbonyl (C=O) groups excluding carboxylic acids is 2. The Morgan fingerprint density at radius 1 is 1.00 bits per heavy atom. The number of H-pyrrole nitrogens is 1. The number of aryl methyl sites for hydroxylation is 2. The third kappa shape index (κ3) is 4.28. The lowest BCUT2D eigenvalue weighted by atomic mass is 9.67. The zero-order valence-electron chi connectivity index (χ0n) is 20.8. The van der Waals surface area contributed by atoms with Crippen LogP contribution >= 0.6 is 0 Å². The summed E-state index contributed by atoms with van der Waals surface area (Å²) < 4.78 is 0. The van der Waals surface area contributed by atoms with Crippen molar-refractivity contribution >= 4 is 11.8 Å². The van der Waals surface area contributed by atoms with E-state index in [-0.39, 0.29) is 17.9 Å². The number of aromatic nitrogens is 4. The van der Waals surface area contributed by atoms with Crippen molar-refractivity contribution in [3.05, 3.63) is 75.6 Å². The Balaban J connectivity index is 1.72. The van der Waals surface area contributed by atoms with Crippen LogP contribution in [0.2, 0.25) is 0 Å². The van der Waals surface area contributed by atoms with Crippen LogP contribution in [0.4, 0.5) is 0 Å². The van der Waals surface area contributed by atoms with E-state index in [0.717, 1.165) is 35.1 Å². The second-order valence-corrected chi connectivity index (χ2v) is 9.81. The lowest BCUT2D eigenvalue weighted by molar-refractivity contribution is 0.0947. The number of carbonyl (C=O) groups is 2. The largest absolute Gasteiger partial charge is 0.352 e. The Hall–Kier alpha value is -3.59. The zero-order chi connectivity index (χ0) is 25.3. The molecule has 1 fully saturated rings. The molecule has 36 heavy (non-hydrogen) atoms. The van der Waals surface area contributed by atoms with Crippen molar-refractivity contribution in [1.29, 1.82) is 0 Å². The SMILES string of the molecule is CCNC(=O)c1ccc2c(c1)CCc1cc(C(=O)NCC)ccc1C2(CC(N)C1CC1)c1nn[nH]n1. The summed E-state index contributed by atoms with van der Waals surface area (Å²) in [7, 11) is 0. The molecule has 188 valence electrons. The number of fused-ring (bicyclic) bond motifs is 2. The highest BCUT2D eigenvalue weighted by Crippen LogP contribution is 2.49. The van der Waals surface area contributed by atoms with Crippen LogP contribution in [0.15, 0.2) is 36.4 Å². The topological polar surface area (TPSA) is 139 Å². The van der Waals surface area contributed by atoms with Gasteiger partial charge in [-0.15, -0.1) is 10.2 Å². The first kappa shape index (κ1) is 24.1. The molecule has 0 saturated heterocycles. The lowest BCUT2D eigenvalue weighted by Crippen LogP contribution is -2.40. The first-order chi connectivity index (χ1) is 17.5. The minimum absolute atomic E-state index is 0.0477. The quantitative estimate of drug-likeness (QED) is 0.384. The lowest BCUT2D eigenvalue weighted by Gasteiger charge is -2.36. The van der Waals surface area contributed by atoms with Crippen LogP contribution in [0.5, 0.6) is 0 Å². The van der Waals surface area contributed by atoms with E-state index in [1.54, 1.807) is 0 Å². The summed E-state index contributed by atoms with van der Waals surface area (Å²) in [5, 5.41) is 21.3. The van der Waals surface area contributed by atoms with Gasteiger partial charge < -0.3 is 16.4 Å². The average Bonchev–Trinajstić information content (AvgIpc) is 3.62. The van der Waals surface area contributed by atoms with Crippen molar-refractivity contribution in [3.8, 4) is 0 Å². The number of rotatable bonds is 8. The zero-order valence-corrected chi connectivity index (χ0v) is 20.8. The van der Waals surface area contributed by atoms with Gasteiger partial charge in [-0.25, -0.2) is 0 Å². The number of nitrogens with one attached hydrogen (secondary N) is 3.